The number of methoxy groups -OCH3 is 1. The first-order chi connectivity index (χ1) is 10.2. The van der Waals surface area contributed by atoms with E-state index in [9.17, 15) is 0 Å². The number of nitrogens with one attached hydrogen (secondary N) is 1. The molecule has 0 unspecified atom stereocenters. The summed E-state index contributed by atoms with van der Waals surface area (Å²) < 4.78 is 5.08. The van der Waals surface area contributed by atoms with Crippen LogP contribution in [0.25, 0.3) is 0 Å². The number of hydrogen-bond donors (Lipinski definition) is 1. The zero-order valence-electron chi connectivity index (χ0n) is 13.8. The maximum atomic E-state index is 5.08. The first kappa shape index (κ1) is 16.7. The van der Waals surface area contributed by atoms with E-state index in [1.807, 2.05) is 11.3 Å². The van der Waals surface area contributed by atoms with Crippen LogP contribution in [0, 0.1) is 5.92 Å². The van der Waals surface area contributed by atoms with Gasteiger partial charge in [0.1, 0.15) is 0 Å². The average Bonchev–Trinajstić information content (AvgIpc) is 3.21. The second-order valence-electron chi connectivity index (χ2n) is 6.17. The minimum absolute atomic E-state index is 0.683. The zero-order valence-corrected chi connectivity index (χ0v) is 14.6. The van der Waals surface area contributed by atoms with Crippen molar-refractivity contribution >= 4 is 16.5 Å². The van der Waals surface area contributed by atoms with E-state index in [0.29, 0.717) is 5.92 Å². The first-order valence-corrected chi connectivity index (χ1v) is 8.92. The van der Waals surface area contributed by atoms with Gasteiger partial charge < -0.3 is 15.0 Å². The molecule has 0 amide bonds. The number of aromatic nitrogens is 1. The molecule has 1 saturated carbocycles. The van der Waals surface area contributed by atoms with E-state index in [2.05, 4.69) is 31.0 Å². The van der Waals surface area contributed by atoms with E-state index < -0.39 is 0 Å². The van der Waals surface area contributed by atoms with Crippen molar-refractivity contribution in [2.75, 3.05) is 31.7 Å². The van der Waals surface area contributed by atoms with E-state index in [0.717, 1.165) is 38.7 Å². The molecule has 21 heavy (non-hydrogen) atoms. The van der Waals surface area contributed by atoms with Crippen molar-refractivity contribution in [2.24, 2.45) is 5.92 Å². The van der Waals surface area contributed by atoms with Crippen LogP contribution in [0.2, 0.25) is 0 Å². The number of rotatable bonds is 10. The lowest BCUT2D eigenvalue weighted by molar-refractivity contribution is 0.199. The molecule has 0 aliphatic heterocycles. The Kier molecular flexibility index (Phi) is 6.45. The van der Waals surface area contributed by atoms with Gasteiger partial charge in [-0.1, -0.05) is 20.8 Å². The summed E-state index contributed by atoms with van der Waals surface area (Å²) in [5.74, 6) is 0.683. The summed E-state index contributed by atoms with van der Waals surface area (Å²) in [6, 6.07) is 0.734. The third kappa shape index (κ3) is 4.94. The van der Waals surface area contributed by atoms with Crippen molar-refractivity contribution in [2.45, 2.75) is 52.6 Å². The highest BCUT2D eigenvalue weighted by molar-refractivity contribution is 7.15. The highest BCUT2D eigenvalue weighted by Crippen LogP contribution is 2.36. The molecule has 120 valence electrons. The van der Waals surface area contributed by atoms with Gasteiger partial charge in [0, 0.05) is 37.7 Å². The first-order valence-electron chi connectivity index (χ1n) is 8.10. The molecule has 5 heteroatoms. The summed E-state index contributed by atoms with van der Waals surface area (Å²) >= 11 is 1.87. The summed E-state index contributed by atoms with van der Waals surface area (Å²) in [5.41, 5.74) is 1.26. The Bertz CT molecular complexity index is 429. The summed E-state index contributed by atoms with van der Waals surface area (Å²) in [5, 5.41) is 4.67. The number of ether oxygens (including phenoxy) is 1. The van der Waals surface area contributed by atoms with Gasteiger partial charge in [-0.05, 0) is 25.2 Å². The molecule has 1 aliphatic carbocycles. The molecule has 0 saturated heterocycles. The summed E-state index contributed by atoms with van der Waals surface area (Å²) in [6.45, 7) is 10.5. The Morgan fingerprint density at radius 3 is 2.76 bits per heavy atom. The van der Waals surface area contributed by atoms with Crippen LogP contribution in [0.3, 0.4) is 0 Å². The van der Waals surface area contributed by atoms with E-state index in [1.165, 1.54) is 28.5 Å². The predicted molar refractivity (Wildman–Crippen MR) is 90.3 cm³/mol. The van der Waals surface area contributed by atoms with Gasteiger partial charge in [0.15, 0.2) is 5.13 Å². The summed E-state index contributed by atoms with van der Waals surface area (Å²) in [6.07, 6.45) is 3.67. The monoisotopic (exact) mass is 311 g/mol. The molecule has 1 aliphatic rings. The van der Waals surface area contributed by atoms with Crippen LogP contribution in [0.4, 0.5) is 5.13 Å². The van der Waals surface area contributed by atoms with E-state index in [-0.39, 0.29) is 0 Å². The quantitative estimate of drug-likeness (QED) is 0.674. The van der Waals surface area contributed by atoms with Crippen molar-refractivity contribution in [3.8, 4) is 0 Å². The van der Waals surface area contributed by atoms with Gasteiger partial charge in [0.25, 0.3) is 0 Å². The van der Waals surface area contributed by atoms with Crippen molar-refractivity contribution in [3.63, 3.8) is 0 Å². The van der Waals surface area contributed by atoms with Crippen LogP contribution in [0.15, 0.2) is 0 Å². The second kappa shape index (κ2) is 8.11. The highest BCUT2D eigenvalue weighted by Gasteiger charge is 2.31. The zero-order chi connectivity index (χ0) is 15.2. The SMILES string of the molecule is CCc1nc(N(CC(C)C)C2CC2)sc1CNCCOC. The lowest BCUT2D eigenvalue weighted by Crippen LogP contribution is -2.29. The van der Waals surface area contributed by atoms with Crippen molar-refractivity contribution < 1.29 is 4.74 Å². The molecule has 2 rings (SSSR count). The summed E-state index contributed by atoms with van der Waals surface area (Å²) in [7, 11) is 1.74. The van der Waals surface area contributed by atoms with Crippen LogP contribution in [0.1, 0.15) is 44.2 Å². The average molecular weight is 311 g/mol. The minimum atomic E-state index is 0.683. The highest BCUT2D eigenvalue weighted by atomic mass is 32.1. The van der Waals surface area contributed by atoms with Crippen molar-refractivity contribution in [1.29, 1.82) is 0 Å². The van der Waals surface area contributed by atoms with E-state index in [1.54, 1.807) is 7.11 Å². The molecule has 0 aromatic carbocycles. The van der Waals surface area contributed by atoms with Gasteiger partial charge in [-0.25, -0.2) is 4.98 Å². The Morgan fingerprint density at radius 2 is 2.19 bits per heavy atom. The van der Waals surface area contributed by atoms with Crippen LogP contribution in [0.5, 0.6) is 0 Å². The smallest absolute Gasteiger partial charge is 0.186 e. The molecule has 1 aromatic heterocycles. The lowest BCUT2D eigenvalue weighted by atomic mass is 10.2. The van der Waals surface area contributed by atoms with Gasteiger partial charge in [-0.3, -0.25) is 0 Å². The molecule has 1 N–H and O–H groups in total. The molecular weight excluding hydrogens is 282 g/mol. The number of nitrogens with zero attached hydrogens (tertiary/aromatic N) is 2. The van der Waals surface area contributed by atoms with Gasteiger partial charge in [-0.2, -0.15) is 0 Å². The third-order valence-electron chi connectivity index (χ3n) is 3.67. The molecule has 0 spiro atoms. The largest absolute Gasteiger partial charge is 0.383 e. The number of thiazole rings is 1. The standard InChI is InChI=1S/C16H29N3OS/c1-5-14-15(10-17-8-9-20-4)21-16(18-14)19(11-12(2)3)13-6-7-13/h12-13,17H,5-11H2,1-4H3. The number of anilines is 1. The topological polar surface area (TPSA) is 37.4 Å². The fraction of sp³-hybridized carbons (Fsp3) is 0.812. The third-order valence-corrected chi connectivity index (χ3v) is 4.80. The Hall–Kier alpha value is -0.650. The fourth-order valence-corrected chi connectivity index (χ4v) is 3.65. The van der Waals surface area contributed by atoms with Crippen molar-refractivity contribution in [3.05, 3.63) is 10.6 Å². The van der Waals surface area contributed by atoms with Gasteiger partial charge in [-0.15, -0.1) is 11.3 Å². The molecule has 0 atom stereocenters. The summed E-state index contributed by atoms with van der Waals surface area (Å²) in [4.78, 5) is 8.84. The van der Waals surface area contributed by atoms with Crippen LogP contribution >= 0.6 is 11.3 Å². The molecule has 4 nitrogen and oxygen atoms in total. The maximum absolute atomic E-state index is 5.08. The Balaban J connectivity index is 2.03. The normalized spacial score (nSPS) is 14.9. The van der Waals surface area contributed by atoms with Gasteiger partial charge >= 0.3 is 0 Å². The molecular formula is C16H29N3OS. The Morgan fingerprint density at radius 1 is 1.43 bits per heavy atom. The fourth-order valence-electron chi connectivity index (χ4n) is 2.45. The van der Waals surface area contributed by atoms with Crippen LogP contribution in [-0.2, 0) is 17.7 Å². The van der Waals surface area contributed by atoms with Gasteiger partial charge in [0.05, 0.1) is 12.3 Å². The number of hydrogen-bond acceptors (Lipinski definition) is 5. The molecule has 0 radical (unpaired) electrons. The molecule has 1 heterocycles. The predicted octanol–water partition coefficient (Wildman–Crippen LogP) is 3.07. The van der Waals surface area contributed by atoms with E-state index in [4.69, 9.17) is 9.72 Å². The number of aryl methyl sites for hydroxylation is 1. The Labute approximate surface area is 132 Å². The molecule has 0 bridgehead atoms. The minimum Gasteiger partial charge on any atom is -0.383 e. The van der Waals surface area contributed by atoms with Crippen LogP contribution < -0.4 is 10.2 Å². The molecule has 1 fully saturated rings. The van der Waals surface area contributed by atoms with Crippen molar-refractivity contribution in [1.82, 2.24) is 10.3 Å². The maximum Gasteiger partial charge on any atom is 0.186 e. The lowest BCUT2D eigenvalue weighted by Gasteiger charge is -2.23. The molecule has 1 aromatic rings. The second-order valence-corrected chi connectivity index (χ2v) is 7.23. The van der Waals surface area contributed by atoms with Gasteiger partial charge in [0.2, 0.25) is 0 Å². The van der Waals surface area contributed by atoms with Crippen LogP contribution in [-0.4, -0.2) is 37.8 Å². The van der Waals surface area contributed by atoms with E-state index >= 15 is 0 Å².